The number of carbonyl (C=O) groups is 1. The molecule has 1 aliphatic heterocycles. The van der Waals surface area contributed by atoms with Crippen LogP contribution in [0.15, 0.2) is 63.9 Å². The van der Waals surface area contributed by atoms with E-state index >= 15 is 0 Å². The lowest BCUT2D eigenvalue weighted by Crippen LogP contribution is -2.30. The predicted octanol–water partition coefficient (Wildman–Crippen LogP) is 6.16. The third-order valence-corrected chi connectivity index (χ3v) is 6.73. The molecule has 2 aromatic carbocycles. The molecule has 0 bridgehead atoms. The number of benzene rings is 2. The summed E-state index contributed by atoms with van der Waals surface area (Å²) in [5.41, 5.74) is 5.63. The molecule has 0 radical (unpaired) electrons. The van der Waals surface area contributed by atoms with Gasteiger partial charge in [0.15, 0.2) is 5.43 Å². The van der Waals surface area contributed by atoms with E-state index in [1.54, 1.807) is 11.1 Å². The summed E-state index contributed by atoms with van der Waals surface area (Å²) in [6.07, 6.45) is 1.68. The molecule has 34 heavy (non-hydrogen) atoms. The summed E-state index contributed by atoms with van der Waals surface area (Å²) in [6.45, 7) is 12.4. The summed E-state index contributed by atoms with van der Waals surface area (Å²) in [7, 11) is 0. The molecule has 1 atom stereocenters. The predicted molar refractivity (Wildman–Crippen MR) is 135 cm³/mol. The first-order valence-electron chi connectivity index (χ1n) is 11.5. The van der Waals surface area contributed by atoms with Crippen LogP contribution in [0.4, 0.5) is 5.82 Å². The molecule has 5 nitrogen and oxygen atoms in total. The zero-order valence-corrected chi connectivity index (χ0v) is 20.4. The monoisotopic (exact) mass is 452 g/mol. The van der Waals surface area contributed by atoms with E-state index in [2.05, 4.69) is 37.9 Å². The Morgan fingerprint density at radius 2 is 1.59 bits per heavy atom. The van der Waals surface area contributed by atoms with E-state index in [4.69, 9.17) is 4.42 Å². The molecule has 0 N–H and O–H groups in total. The van der Waals surface area contributed by atoms with Crippen molar-refractivity contribution in [2.24, 2.45) is 0 Å². The standard InChI is InChI=1S/C29H28N2O3/c1-16-11-12-30-23(13-16)31-25(19-7-9-20(10-8-19)29(4,5)6)24-26(32)21-14-17(2)18(3)15-22(21)34-27(24)28(31)33/h7-15,25H,1-6H3. The van der Waals surface area contributed by atoms with Gasteiger partial charge < -0.3 is 4.42 Å². The number of hydrogen-bond donors (Lipinski definition) is 0. The van der Waals surface area contributed by atoms with Crippen LogP contribution in [-0.4, -0.2) is 10.9 Å². The van der Waals surface area contributed by atoms with Crippen LogP contribution in [0.5, 0.6) is 0 Å². The molecule has 0 saturated heterocycles. The first-order valence-corrected chi connectivity index (χ1v) is 11.5. The number of hydrogen-bond acceptors (Lipinski definition) is 4. The van der Waals surface area contributed by atoms with Gasteiger partial charge in [0.05, 0.1) is 17.0 Å². The van der Waals surface area contributed by atoms with Crippen molar-refractivity contribution >= 4 is 22.7 Å². The molecule has 0 spiro atoms. The van der Waals surface area contributed by atoms with E-state index in [0.717, 1.165) is 22.3 Å². The van der Waals surface area contributed by atoms with Crippen LogP contribution in [0.1, 0.15) is 70.7 Å². The van der Waals surface area contributed by atoms with Crippen molar-refractivity contribution in [2.75, 3.05) is 4.90 Å². The molecule has 1 amide bonds. The van der Waals surface area contributed by atoms with Gasteiger partial charge in [0.2, 0.25) is 5.76 Å². The average Bonchev–Trinajstić information content (AvgIpc) is 3.07. The largest absolute Gasteiger partial charge is 0.450 e. The van der Waals surface area contributed by atoms with Gasteiger partial charge in [0.25, 0.3) is 5.91 Å². The van der Waals surface area contributed by atoms with Crippen LogP contribution < -0.4 is 10.3 Å². The fourth-order valence-electron chi connectivity index (χ4n) is 4.60. The second-order valence-corrected chi connectivity index (χ2v) is 10.2. The Hall–Kier alpha value is -3.73. The summed E-state index contributed by atoms with van der Waals surface area (Å²) in [4.78, 5) is 33.6. The Kier molecular flexibility index (Phi) is 4.97. The maximum absolute atomic E-state index is 13.8. The van der Waals surface area contributed by atoms with Gasteiger partial charge >= 0.3 is 0 Å². The van der Waals surface area contributed by atoms with Crippen molar-refractivity contribution in [3.05, 3.63) is 104 Å². The fraction of sp³-hybridized carbons (Fsp3) is 0.276. The van der Waals surface area contributed by atoms with E-state index < -0.39 is 6.04 Å². The molecule has 0 fully saturated rings. The Morgan fingerprint density at radius 3 is 2.24 bits per heavy atom. The lowest BCUT2D eigenvalue weighted by atomic mass is 9.86. The molecule has 5 rings (SSSR count). The number of pyridine rings is 1. The Balaban J connectivity index is 1.79. The highest BCUT2D eigenvalue weighted by Gasteiger charge is 2.44. The normalized spacial score (nSPS) is 15.8. The van der Waals surface area contributed by atoms with E-state index in [1.807, 2.05) is 57.2 Å². The molecule has 1 unspecified atom stereocenters. The van der Waals surface area contributed by atoms with Gasteiger partial charge in [-0.05, 0) is 78.3 Å². The van der Waals surface area contributed by atoms with E-state index in [9.17, 15) is 9.59 Å². The van der Waals surface area contributed by atoms with Crippen molar-refractivity contribution < 1.29 is 9.21 Å². The molecule has 1 aliphatic rings. The van der Waals surface area contributed by atoms with Gasteiger partial charge in [-0.25, -0.2) is 4.98 Å². The second kappa shape index (κ2) is 7.66. The Bertz CT molecular complexity index is 1510. The third-order valence-electron chi connectivity index (χ3n) is 6.73. The van der Waals surface area contributed by atoms with Crippen molar-refractivity contribution in [3.63, 3.8) is 0 Å². The van der Waals surface area contributed by atoms with Crippen LogP contribution >= 0.6 is 0 Å². The molecule has 4 aromatic rings. The molecular weight excluding hydrogens is 424 g/mol. The molecular formula is C29H28N2O3. The summed E-state index contributed by atoms with van der Waals surface area (Å²) < 4.78 is 6.13. The lowest BCUT2D eigenvalue weighted by Gasteiger charge is -2.25. The smallest absolute Gasteiger partial charge is 0.296 e. The molecule has 172 valence electrons. The number of aryl methyl sites for hydroxylation is 3. The highest BCUT2D eigenvalue weighted by Crippen LogP contribution is 2.41. The summed E-state index contributed by atoms with van der Waals surface area (Å²) in [6, 6.07) is 14.9. The topological polar surface area (TPSA) is 63.4 Å². The van der Waals surface area contributed by atoms with E-state index in [0.29, 0.717) is 22.4 Å². The van der Waals surface area contributed by atoms with E-state index in [-0.39, 0.29) is 22.5 Å². The molecule has 2 aromatic heterocycles. The van der Waals surface area contributed by atoms with Gasteiger partial charge in [-0.2, -0.15) is 0 Å². The van der Waals surface area contributed by atoms with Crippen molar-refractivity contribution in [1.82, 2.24) is 4.98 Å². The first kappa shape index (κ1) is 22.1. The van der Waals surface area contributed by atoms with Crippen molar-refractivity contribution in [2.45, 2.75) is 53.0 Å². The molecule has 0 saturated carbocycles. The Morgan fingerprint density at radius 1 is 0.912 bits per heavy atom. The number of aromatic nitrogens is 1. The maximum Gasteiger partial charge on any atom is 0.296 e. The summed E-state index contributed by atoms with van der Waals surface area (Å²) in [5, 5.41) is 0.491. The zero-order chi connectivity index (χ0) is 24.4. The maximum atomic E-state index is 13.8. The van der Waals surface area contributed by atoms with Crippen molar-refractivity contribution in [1.29, 1.82) is 0 Å². The number of amides is 1. The minimum absolute atomic E-state index is 0.00959. The lowest BCUT2D eigenvalue weighted by molar-refractivity contribution is 0.0970. The highest BCUT2D eigenvalue weighted by molar-refractivity contribution is 6.10. The number of rotatable bonds is 2. The fourth-order valence-corrected chi connectivity index (χ4v) is 4.60. The number of carbonyl (C=O) groups excluding carboxylic acids is 1. The van der Waals surface area contributed by atoms with Crippen LogP contribution in [0.3, 0.4) is 0 Å². The van der Waals surface area contributed by atoms with Crippen LogP contribution in [0.25, 0.3) is 11.0 Å². The highest BCUT2D eigenvalue weighted by atomic mass is 16.3. The van der Waals surface area contributed by atoms with Gasteiger partial charge in [-0.3, -0.25) is 14.5 Å². The van der Waals surface area contributed by atoms with Gasteiger partial charge in [0, 0.05) is 6.20 Å². The molecule has 5 heteroatoms. The van der Waals surface area contributed by atoms with Crippen LogP contribution in [0, 0.1) is 20.8 Å². The van der Waals surface area contributed by atoms with E-state index in [1.165, 1.54) is 5.56 Å². The SMILES string of the molecule is Cc1ccnc(N2C(=O)c3oc4cc(C)c(C)cc4c(=O)c3C2c2ccc(C(C)(C)C)cc2)c1. The second-order valence-electron chi connectivity index (χ2n) is 10.2. The molecule has 0 aliphatic carbocycles. The van der Waals surface area contributed by atoms with Gasteiger partial charge in [-0.15, -0.1) is 0 Å². The third kappa shape index (κ3) is 3.43. The number of fused-ring (bicyclic) bond motifs is 2. The minimum Gasteiger partial charge on any atom is -0.450 e. The number of nitrogens with zero attached hydrogens (tertiary/aromatic N) is 2. The van der Waals surface area contributed by atoms with Crippen molar-refractivity contribution in [3.8, 4) is 0 Å². The quantitative estimate of drug-likeness (QED) is 0.365. The summed E-state index contributed by atoms with van der Waals surface area (Å²) in [5.74, 6) is 0.237. The first-order chi connectivity index (χ1) is 16.1. The average molecular weight is 453 g/mol. The number of anilines is 1. The molecule has 3 heterocycles. The van der Waals surface area contributed by atoms with Gasteiger partial charge in [-0.1, -0.05) is 45.0 Å². The van der Waals surface area contributed by atoms with Gasteiger partial charge in [0.1, 0.15) is 11.4 Å². The Labute approximate surface area is 199 Å². The summed E-state index contributed by atoms with van der Waals surface area (Å²) >= 11 is 0. The van der Waals surface area contributed by atoms with Crippen LogP contribution in [0.2, 0.25) is 0 Å². The van der Waals surface area contributed by atoms with Crippen LogP contribution in [-0.2, 0) is 5.41 Å². The minimum atomic E-state index is -0.618. The zero-order valence-electron chi connectivity index (χ0n) is 20.4.